The standard InChI is InChI=1S/C19H36O/c1-3-4-16-19(2)17-14-12-10-8-6-5-7-9-11-13-15-18-20/h15,19H,3-14,16-17H2,1-2H3. The van der Waals surface area contributed by atoms with Crippen molar-refractivity contribution in [3.05, 3.63) is 6.08 Å². The minimum absolute atomic E-state index is 0.916. The Morgan fingerprint density at radius 2 is 1.30 bits per heavy atom. The van der Waals surface area contributed by atoms with Gasteiger partial charge in [0.1, 0.15) is 5.94 Å². The second-order valence-corrected chi connectivity index (χ2v) is 6.33. The number of rotatable bonds is 15. The van der Waals surface area contributed by atoms with Gasteiger partial charge in [0.15, 0.2) is 0 Å². The molecule has 0 aliphatic carbocycles. The minimum Gasteiger partial charge on any atom is -0.234 e. The van der Waals surface area contributed by atoms with E-state index in [2.05, 4.69) is 13.8 Å². The van der Waals surface area contributed by atoms with Crippen LogP contribution >= 0.6 is 0 Å². The van der Waals surface area contributed by atoms with Crippen molar-refractivity contribution in [2.75, 3.05) is 0 Å². The maximum atomic E-state index is 9.98. The van der Waals surface area contributed by atoms with Crippen molar-refractivity contribution in [2.45, 2.75) is 104 Å². The second kappa shape index (κ2) is 16.5. The van der Waals surface area contributed by atoms with Gasteiger partial charge in [-0.25, -0.2) is 4.79 Å². The molecule has 0 amide bonds. The minimum atomic E-state index is 0.916. The van der Waals surface area contributed by atoms with Gasteiger partial charge in [-0.1, -0.05) is 90.9 Å². The van der Waals surface area contributed by atoms with Gasteiger partial charge >= 0.3 is 0 Å². The van der Waals surface area contributed by atoms with Gasteiger partial charge in [0, 0.05) is 0 Å². The van der Waals surface area contributed by atoms with Crippen molar-refractivity contribution in [3.63, 3.8) is 0 Å². The van der Waals surface area contributed by atoms with Crippen LogP contribution in [-0.2, 0) is 4.79 Å². The summed E-state index contributed by atoms with van der Waals surface area (Å²) in [4.78, 5) is 9.98. The van der Waals surface area contributed by atoms with Gasteiger partial charge in [-0.3, -0.25) is 0 Å². The lowest BCUT2D eigenvalue weighted by Crippen LogP contribution is -1.94. The van der Waals surface area contributed by atoms with E-state index in [9.17, 15) is 4.79 Å². The van der Waals surface area contributed by atoms with Crippen LogP contribution in [0.1, 0.15) is 104 Å². The summed E-state index contributed by atoms with van der Waals surface area (Å²) in [5.41, 5.74) is 0. The van der Waals surface area contributed by atoms with E-state index in [0.29, 0.717) is 0 Å². The van der Waals surface area contributed by atoms with Crippen LogP contribution in [0, 0.1) is 5.92 Å². The molecule has 0 aliphatic rings. The zero-order valence-corrected chi connectivity index (χ0v) is 14.0. The summed E-state index contributed by atoms with van der Waals surface area (Å²) in [5, 5.41) is 0. The summed E-state index contributed by atoms with van der Waals surface area (Å²) in [6.45, 7) is 4.70. The number of unbranched alkanes of at least 4 members (excludes halogenated alkanes) is 10. The van der Waals surface area contributed by atoms with E-state index in [-0.39, 0.29) is 0 Å². The predicted octanol–water partition coefficient (Wildman–Crippen LogP) is 6.49. The molecule has 0 saturated carbocycles. The highest BCUT2D eigenvalue weighted by molar-refractivity contribution is 5.44. The average Bonchev–Trinajstić information content (AvgIpc) is 2.46. The zero-order chi connectivity index (χ0) is 14.9. The number of allylic oxidation sites excluding steroid dienone is 1. The molecule has 20 heavy (non-hydrogen) atoms. The SMILES string of the molecule is CCCCC(C)CCCCCCCCCCCC=C=O. The quantitative estimate of drug-likeness (QED) is 0.247. The van der Waals surface area contributed by atoms with Gasteiger partial charge in [0.25, 0.3) is 0 Å². The second-order valence-electron chi connectivity index (χ2n) is 6.33. The van der Waals surface area contributed by atoms with Crippen LogP contribution in [0.2, 0.25) is 0 Å². The van der Waals surface area contributed by atoms with Crippen LogP contribution in [0.3, 0.4) is 0 Å². The summed E-state index contributed by atoms with van der Waals surface area (Å²) < 4.78 is 0. The third kappa shape index (κ3) is 15.5. The Kier molecular flexibility index (Phi) is 16.1. The van der Waals surface area contributed by atoms with Gasteiger partial charge in [-0.15, -0.1) is 0 Å². The molecular formula is C19H36O. The normalized spacial score (nSPS) is 12.1. The third-order valence-corrected chi connectivity index (χ3v) is 4.18. The molecule has 1 atom stereocenters. The van der Waals surface area contributed by atoms with Crippen molar-refractivity contribution in [1.82, 2.24) is 0 Å². The Labute approximate surface area is 127 Å². The highest BCUT2D eigenvalue weighted by atomic mass is 16.1. The highest BCUT2D eigenvalue weighted by Crippen LogP contribution is 2.17. The topological polar surface area (TPSA) is 17.1 Å². The van der Waals surface area contributed by atoms with E-state index in [1.807, 2.05) is 5.94 Å². The maximum Gasteiger partial charge on any atom is 0.120 e. The first kappa shape index (κ1) is 19.4. The Morgan fingerprint density at radius 1 is 0.800 bits per heavy atom. The lowest BCUT2D eigenvalue weighted by atomic mass is 9.97. The molecule has 0 fully saturated rings. The molecule has 0 heterocycles. The fourth-order valence-corrected chi connectivity index (χ4v) is 2.73. The van der Waals surface area contributed by atoms with E-state index >= 15 is 0 Å². The molecule has 0 spiro atoms. The summed E-state index contributed by atoms with van der Waals surface area (Å²) in [6, 6.07) is 0. The van der Waals surface area contributed by atoms with Crippen molar-refractivity contribution in [1.29, 1.82) is 0 Å². The van der Waals surface area contributed by atoms with Gasteiger partial charge in [0.05, 0.1) is 0 Å². The smallest absolute Gasteiger partial charge is 0.120 e. The molecule has 0 bridgehead atoms. The van der Waals surface area contributed by atoms with Crippen LogP contribution < -0.4 is 0 Å². The molecule has 1 heteroatoms. The molecule has 0 aromatic heterocycles. The lowest BCUT2D eigenvalue weighted by Gasteiger charge is -2.10. The van der Waals surface area contributed by atoms with Gasteiger partial charge in [-0.05, 0) is 24.8 Å². The molecule has 118 valence electrons. The first-order valence-electron chi connectivity index (χ1n) is 9.00. The van der Waals surface area contributed by atoms with Crippen LogP contribution in [0.25, 0.3) is 0 Å². The van der Waals surface area contributed by atoms with E-state index in [1.165, 1.54) is 77.0 Å². The molecular weight excluding hydrogens is 244 g/mol. The van der Waals surface area contributed by atoms with Gasteiger partial charge < -0.3 is 0 Å². The average molecular weight is 280 g/mol. The molecule has 0 aromatic carbocycles. The zero-order valence-electron chi connectivity index (χ0n) is 14.0. The summed E-state index contributed by atoms with van der Waals surface area (Å²) in [6.07, 6.45) is 20.4. The predicted molar refractivity (Wildman–Crippen MR) is 89.7 cm³/mol. The van der Waals surface area contributed by atoms with Crippen molar-refractivity contribution < 1.29 is 4.79 Å². The van der Waals surface area contributed by atoms with Crippen LogP contribution in [0.15, 0.2) is 6.08 Å². The first-order chi connectivity index (χ1) is 9.81. The Morgan fingerprint density at radius 3 is 1.85 bits per heavy atom. The Bertz CT molecular complexity index is 228. The van der Waals surface area contributed by atoms with Crippen molar-refractivity contribution in [2.24, 2.45) is 5.92 Å². The molecule has 0 radical (unpaired) electrons. The monoisotopic (exact) mass is 280 g/mol. The van der Waals surface area contributed by atoms with E-state index in [0.717, 1.165) is 18.8 Å². The van der Waals surface area contributed by atoms with Crippen LogP contribution in [-0.4, -0.2) is 5.94 Å². The third-order valence-electron chi connectivity index (χ3n) is 4.18. The van der Waals surface area contributed by atoms with Crippen molar-refractivity contribution in [3.8, 4) is 0 Å². The Hall–Kier alpha value is -0.550. The van der Waals surface area contributed by atoms with E-state index in [1.54, 1.807) is 6.08 Å². The van der Waals surface area contributed by atoms with E-state index in [4.69, 9.17) is 0 Å². The highest BCUT2D eigenvalue weighted by Gasteiger charge is 2.00. The molecule has 0 aromatic rings. The van der Waals surface area contributed by atoms with Crippen LogP contribution in [0.5, 0.6) is 0 Å². The lowest BCUT2D eigenvalue weighted by molar-refractivity contribution is 0.440. The van der Waals surface area contributed by atoms with Crippen LogP contribution in [0.4, 0.5) is 0 Å². The number of hydrogen-bond donors (Lipinski definition) is 0. The number of hydrogen-bond acceptors (Lipinski definition) is 1. The number of carbonyl (C=O) groups excluding carboxylic acids is 1. The maximum absolute atomic E-state index is 9.98. The Balaban J connectivity index is 3.07. The molecule has 0 saturated heterocycles. The first-order valence-corrected chi connectivity index (χ1v) is 9.00. The molecule has 1 nitrogen and oxygen atoms in total. The van der Waals surface area contributed by atoms with Gasteiger partial charge in [-0.2, -0.15) is 0 Å². The fraction of sp³-hybridized carbons (Fsp3) is 0.895. The molecule has 1 unspecified atom stereocenters. The molecule has 0 rings (SSSR count). The summed E-state index contributed by atoms with van der Waals surface area (Å²) in [7, 11) is 0. The van der Waals surface area contributed by atoms with Gasteiger partial charge in [0.2, 0.25) is 0 Å². The fourth-order valence-electron chi connectivity index (χ4n) is 2.73. The summed E-state index contributed by atoms with van der Waals surface area (Å²) in [5.74, 6) is 2.78. The summed E-state index contributed by atoms with van der Waals surface area (Å²) >= 11 is 0. The van der Waals surface area contributed by atoms with E-state index < -0.39 is 0 Å². The molecule has 0 aliphatic heterocycles. The van der Waals surface area contributed by atoms with Crippen molar-refractivity contribution >= 4 is 5.94 Å². The largest absolute Gasteiger partial charge is 0.234 e. The molecule has 0 N–H and O–H groups in total.